The van der Waals surface area contributed by atoms with Crippen molar-refractivity contribution in [2.24, 2.45) is 0 Å². The number of hydrogen-bond acceptors (Lipinski definition) is 4. The van der Waals surface area contributed by atoms with Gasteiger partial charge in [-0.05, 0) is 74.4 Å². The molecule has 9 heteroatoms. The van der Waals surface area contributed by atoms with E-state index in [2.05, 4.69) is 10.8 Å². The van der Waals surface area contributed by atoms with Gasteiger partial charge in [0.1, 0.15) is 5.60 Å². The van der Waals surface area contributed by atoms with Crippen LogP contribution >= 0.6 is 23.2 Å². The van der Waals surface area contributed by atoms with Crippen molar-refractivity contribution in [3.63, 3.8) is 0 Å². The van der Waals surface area contributed by atoms with Gasteiger partial charge in [-0.15, -0.1) is 0 Å². The highest BCUT2D eigenvalue weighted by atomic mass is 35.5. The van der Waals surface area contributed by atoms with Crippen molar-refractivity contribution in [3.05, 3.63) is 68.7 Å². The highest BCUT2D eigenvalue weighted by Gasteiger charge is 2.34. The van der Waals surface area contributed by atoms with Crippen molar-refractivity contribution in [2.75, 3.05) is 13.6 Å². The molecule has 1 amide bonds. The molecule has 0 aliphatic heterocycles. The average molecular weight is 512 g/mol. The van der Waals surface area contributed by atoms with Crippen molar-refractivity contribution in [2.45, 2.75) is 57.6 Å². The number of halogens is 2. The lowest BCUT2D eigenvalue weighted by molar-refractivity contribution is 0.0202. The topological polar surface area (TPSA) is 81.7 Å². The summed E-state index contributed by atoms with van der Waals surface area (Å²) in [4.78, 5) is 14.4. The van der Waals surface area contributed by atoms with E-state index in [1.807, 2.05) is 45.0 Å². The molecule has 3 atom stereocenters. The number of fused-ring (bicyclic) bond motifs is 1. The van der Waals surface area contributed by atoms with E-state index in [0.717, 1.165) is 35.1 Å². The normalized spacial score (nSPS) is 19.0. The molecule has 2 aromatic rings. The number of carbonyl (C=O) groups is 1. The fourth-order valence-electron chi connectivity index (χ4n) is 4.24. The third-order valence-electron chi connectivity index (χ3n) is 5.74. The van der Waals surface area contributed by atoms with Gasteiger partial charge >= 0.3 is 6.09 Å². The number of carbonyl (C=O) groups excluding carboxylic acids is 1. The Bertz CT molecular complexity index is 1040. The van der Waals surface area contributed by atoms with E-state index in [1.165, 1.54) is 0 Å². The SMILES string of the molecule is CN(C(=O)OC(C)(C)C)C1CCC(c2ccc(Cl)c(Cl)c2)c2cc(CCNS(=O)[O-])ccc21. The summed E-state index contributed by atoms with van der Waals surface area (Å²) in [6, 6.07) is 11.7. The molecule has 6 nitrogen and oxygen atoms in total. The highest BCUT2D eigenvalue weighted by Crippen LogP contribution is 2.45. The number of benzene rings is 2. The summed E-state index contributed by atoms with van der Waals surface area (Å²) < 4.78 is 29.6. The minimum absolute atomic E-state index is 0.0830. The Labute approximate surface area is 208 Å². The smallest absolute Gasteiger partial charge is 0.410 e. The van der Waals surface area contributed by atoms with E-state index in [0.29, 0.717) is 23.0 Å². The van der Waals surface area contributed by atoms with Crippen LogP contribution in [0, 0.1) is 0 Å². The zero-order chi connectivity index (χ0) is 24.3. The molecule has 0 aromatic heterocycles. The Hall–Kier alpha value is -1.64. The van der Waals surface area contributed by atoms with Crippen LogP contribution in [0.5, 0.6) is 0 Å². The Balaban J connectivity index is 1.97. The maximum atomic E-state index is 12.8. The van der Waals surface area contributed by atoms with Crippen molar-refractivity contribution in [1.29, 1.82) is 0 Å². The fourth-order valence-corrected chi connectivity index (χ4v) is 4.81. The lowest BCUT2D eigenvalue weighted by Crippen LogP contribution is -2.38. The van der Waals surface area contributed by atoms with Gasteiger partial charge < -0.3 is 14.2 Å². The van der Waals surface area contributed by atoms with Crippen molar-refractivity contribution >= 4 is 40.6 Å². The van der Waals surface area contributed by atoms with Gasteiger partial charge in [-0.25, -0.2) is 9.52 Å². The molecule has 0 heterocycles. The number of nitrogens with zero attached hydrogens (tertiary/aromatic N) is 1. The summed E-state index contributed by atoms with van der Waals surface area (Å²) in [6.07, 6.45) is 1.78. The van der Waals surface area contributed by atoms with Crippen molar-refractivity contribution in [1.82, 2.24) is 9.62 Å². The molecular weight excluding hydrogens is 483 g/mol. The van der Waals surface area contributed by atoms with E-state index < -0.39 is 16.9 Å². The first kappa shape index (κ1) is 26.0. The van der Waals surface area contributed by atoms with Crippen LogP contribution in [0.4, 0.5) is 4.79 Å². The molecule has 0 spiro atoms. The minimum atomic E-state index is -2.29. The maximum Gasteiger partial charge on any atom is 0.410 e. The molecule has 1 aliphatic carbocycles. The average Bonchev–Trinajstić information content (AvgIpc) is 2.73. The summed E-state index contributed by atoms with van der Waals surface area (Å²) in [5, 5.41) is 1.01. The third-order valence-corrected chi connectivity index (χ3v) is 6.92. The summed E-state index contributed by atoms with van der Waals surface area (Å²) in [5.41, 5.74) is 3.64. The molecule has 1 N–H and O–H groups in total. The zero-order valence-corrected chi connectivity index (χ0v) is 21.5. The van der Waals surface area contributed by atoms with E-state index in [4.69, 9.17) is 27.9 Å². The first-order valence-electron chi connectivity index (χ1n) is 10.8. The van der Waals surface area contributed by atoms with Crippen LogP contribution in [0.25, 0.3) is 0 Å². The molecular formula is C24H29Cl2N2O4S-. The number of ether oxygens (including phenoxy) is 1. The van der Waals surface area contributed by atoms with Gasteiger partial charge in [0.25, 0.3) is 0 Å². The van der Waals surface area contributed by atoms with Crippen LogP contribution in [-0.2, 0) is 22.4 Å². The second kappa shape index (κ2) is 10.7. The second-order valence-corrected chi connectivity index (χ2v) is 10.8. The van der Waals surface area contributed by atoms with E-state index >= 15 is 0 Å². The molecule has 2 aromatic carbocycles. The highest BCUT2D eigenvalue weighted by molar-refractivity contribution is 7.77. The zero-order valence-electron chi connectivity index (χ0n) is 19.2. The monoisotopic (exact) mass is 511 g/mol. The van der Waals surface area contributed by atoms with Crippen LogP contribution in [0.3, 0.4) is 0 Å². The molecule has 0 radical (unpaired) electrons. The first-order valence-corrected chi connectivity index (χ1v) is 12.7. The largest absolute Gasteiger partial charge is 0.760 e. The predicted octanol–water partition coefficient (Wildman–Crippen LogP) is 5.75. The van der Waals surface area contributed by atoms with E-state index in [-0.39, 0.29) is 18.1 Å². The molecule has 1 aliphatic rings. The van der Waals surface area contributed by atoms with E-state index in [9.17, 15) is 13.6 Å². The predicted molar refractivity (Wildman–Crippen MR) is 131 cm³/mol. The molecule has 180 valence electrons. The Kier molecular flexibility index (Phi) is 8.45. The second-order valence-electron chi connectivity index (χ2n) is 9.25. The van der Waals surface area contributed by atoms with Crippen LogP contribution in [0.2, 0.25) is 10.0 Å². The molecule has 0 saturated heterocycles. The minimum Gasteiger partial charge on any atom is -0.760 e. The van der Waals surface area contributed by atoms with Gasteiger partial charge in [0.15, 0.2) is 0 Å². The summed E-state index contributed by atoms with van der Waals surface area (Å²) >= 11 is 10.1. The fraction of sp³-hybridized carbons (Fsp3) is 0.458. The molecule has 0 saturated carbocycles. The van der Waals surface area contributed by atoms with Crippen molar-refractivity contribution < 1.29 is 18.3 Å². The number of rotatable bonds is 6. The summed E-state index contributed by atoms with van der Waals surface area (Å²) in [7, 11) is 1.77. The Morgan fingerprint density at radius 3 is 2.52 bits per heavy atom. The summed E-state index contributed by atoms with van der Waals surface area (Å²) in [6.45, 7) is 5.86. The number of amides is 1. The van der Waals surface area contributed by atoms with Gasteiger partial charge in [0, 0.05) is 30.8 Å². The Morgan fingerprint density at radius 1 is 1.15 bits per heavy atom. The Morgan fingerprint density at radius 2 is 1.88 bits per heavy atom. The number of nitrogens with one attached hydrogen (secondary N) is 1. The molecule has 33 heavy (non-hydrogen) atoms. The maximum absolute atomic E-state index is 12.8. The summed E-state index contributed by atoms with van der Waals surface area (Å²) in [5.74, 6) is 0.0830. The molecule has 3 rings (SSSR count). The van der Waals surface area contributed by atoms with Crippen LogP contribution in [-0.4, -0.2) is 38.9 Å². The lowest BCUT2D eigenvalue weighted by Gasteiger charge is -2.38. The van der Waals surface area contributed by atoms with Crippen LogP contribution < -0.4 is 4.72 Å². The third kappa shape index (κ3) is 6.70. The lowest BCUT2D eigenvalue weighted by atomic mass is 9.75. The van der Waals surface area contributed by atoms with Gasteiger partial charge in [-0.2, -0.15) is 0 Å². The van der Waals surface area contributed by atoms with Gasteiger partial charge in [-0.3, -0.25) is 4.21 Å². The van der Waals surface area contributed by atoms with Crippen LogP contribution in [0.1, 0.15) is 67.8 Å². The van der Waals surface area contributed by atoms with Crippen LogP contribution in [0.15, 0.2) is 36.4 Å². The number of hydrogen-bond donors (Lipinski definition) is 1. The quantitative estimate of drug-likeness (QED) is 0.500. The molecule has 3 unspecified atom stereocenters. The van der Waals surface area contributed by atoms with E-state index in [1.54, 1.807) is 18.0 Å². The van der Waals surface area contributed by atoms with Gasteiger partial charge in [0.2, 0.25) is 0 Å². The van der Waals surface area contributed by atoms with Gasteiger partial charge in [-0.1, -0.05) is 47.5 Å². The molecule has 0 fully saturated rings. The molecule has 0 bridgehead atoms. The van der Waals surface area contributed by atoms with Gasteiger partial charge in [0.05, 0.1) is 16.1 Å². The van der Waals surface area contributed by atoms with Crippen molar-refractivity contribution in [3.8, 4) is 0 Å². The standard InChI is InChI=1S/C24H30Cl2N2O4S/c1-24(2,3)32-23(29)28(4)22-10-8-17(16-6-9-20(25)21(26)14-16)19-13-15(5-7-18(19)22)11-12-27-33(30)31/h5-7,9,13-14,17,22,27H,8,10-12H2,1-4H3,(H,30,31)/p-1. The first-order chi connectivity index (χ1) is 15.5.